The van der Waals surface area contributed by atoms with Crippen molar-refractivity contribution in [2.24, 2.45) is 0 Å². The Bertz CT molecular complexity index is 599. The molecule has 5 heteroatoms. The molecule has 0 aliphatic heterocycles. The summed E-state index contributed by atoms with van der Waals surface area (Å²) in [6.07, 6.45) is 6.09. The van der Waals surface area contributed by atoms with Gasteiger partial charge in [-0.2, -0.15) is 0 Å². The number of hydrogen-bond donors (Lipinski definition) is 1. The number of anilines is 1. The Morgan fingerprint density at radius 1 is 1.24 bits per heavy atom. The van der Waals surface area contributed by atoms with Gasteiger partial charge in [-0.05, 0) is 18.4 Å². The van der Waals surface area contributed by atoms with Gasteiger partial charge in [0.05, 0.1) is 18.5 Å². The molecule has 0 aliphatic rings. The minimum Gasteiger partial charge on any atom is -0.492 e. The summed E-state index contributed by atoms with van der Waals surface area (Å²) in [6, 6.07) is 1.98. The molecule has 21 heavy (non-hydrogen) atoms. The smallest absolute Gasteiger partial charge is 0.138 e. The lowest BCUT2D eigenvalue weighted by Gasteiger charge is -2.16. The minimum atomic E-state index is 0.309. The SMILES string of the molecule is CCCOc1cncc(-c2ncnc(NC)c2C(C)C)c1. The average molecular weight is 286 g/mol. The minimum absolute atomic E-state index is 0.309. The Balaban J connectivity index is 2.46. The zero-order valence-electron chi connectivity index (χ0n) is 13.1. The maximum Gasteiger partial charge on any atom is 0.138 e. The van der Waals surface area contributed by atoms with Gasteiger partial charge in [-0.15, -0.1) is 0 Å². The highest BCUT2D eigenvalue weighted by atomic mass is 16.5. The molecular formula is C16H22N4O. The van der Waals surface area contributed by atoms with Crippen molar-refractivity contribution >= 4 is 5.82 Å². The molecule has 0 fully saturated rings. The molecule has 2 aromatic rings. The zero-order chi connectivity index (χ0) is 15.2. The van der Waals surface area contributed by atoms with Crippen LogP contribution in [0, 0.1) is 0 Å². The monoisotopic (exact) mass is 286 g/mol. The molecule has 0 aliphatic carbocycles. The quantitative estimate of drug-likeness (QED) is 0.880. The highest BCUT2D eigenvalue weighted by molar-refractivity contribution is 5.69. The summed E-state index contributed by atoms with van der Waals surface area (Å²) >= 11 is 0. The van der Waals surface area contributed by atoms with Crippen LogP contribution in [0.5, 0.6) is 5.75 Å². The van der Waals surface area contributed by atoms with Crippen LogP contribution in [0.1, 0.15) is 38.7 Å². The Labute approximate surface area is 125 Å². The highest BCUT2D eigenvalue weighted by Gasteiger charge is 2.16. The Hall–Kier alpha value is -2.17. The number of ether oxygens (including phenoxy) is 1. The average Bonchev–Trinajstić information content (AvgIpc) is 2.52. The van der Waals surface area contributed by atoms with Gasteiger partial charge >= 0.3 is 0 Å². The first-order valence-electron chi connectivity index (χ1n) is 7.28. The van der Waals surface area contributed by atoms with Crippen molar-refractivity contribution < 1.29 is 4.74 Å². The second-order valence-electron chi connectivity index (χ2n) is 5.15. The van der Waals surface area contributed by atoms with Crippen LogP contribution in [0.3, 0.4) is 0 Å². The largest absolute Gasteiger partial charge is 0.492 e. The van der Waals surface area contributed by atoms with E-state index in [-0.39, 0.29) is 0 Å². The molecule has 0 radical (unpaired) electrons. The van der Waals surface area contributed by atoms with Crippen molar-refractivity contribution in [2.75, 3.05) is 19.0 Å². The molecule has 5 nitrogen and oxygen atoms in total. The fourth-order valence-electron chi connectivity index (χ4n) is 2.22. The van der Waals surface area contributed by atoms with Gasteiger partial charge in [-0.1, -0.05) is 20.8 Å². The number of aromatic nitrogens is 3. The van der Waals surface area contributed by atoms with E-state index in [0.717, 1.165) is 34.8 Å². The molecule has 0 saturated heterocycles. The van der Waals surface area contributed by atoms with E-state index in [9.17, 15) is 0 Å². The van der Waals surface area contributed by atoms with E-state index in [1.807, 2.05) is 19.3 Å². The maximum atomic E-state index is 5.65. The summed E-state index contributed by atoms with van der Waals surface area (Å²) in [6.45, 7) is 7.03. The van der Waals surface area contributed by atoms with Crippen LogP contribution in [0.15, 0.2) is 24.8 Å². The standard InChI is InChI=1S/C16H22N4O/c1-5-6-21-13-7-12(8-18-9-13)15-14(11(2)3)16(17-4)20-10-19-15/h7-11H,5-6H2,1-4H3,(H,17,19,20). The Kier molecular flexibility index (Phi) is 5.09. The molecule has 0 spiro atoms. The first-order valence-corrected chi connectivity index (χ1v) is 7.28. The fourth-order valence-corrected chi connectivity index (χ4v) is 2.22. The van der Waals surface area contributed by atoms with Crippen LogP contribution >= 0.6 is 0 Å². The molecule has 0 amide bonds. The number of hydrogen-bond acceptors (Lipinski definition) is 5. The van der Waals surface area contributed by atoms with Crippen LogP contribution in [-0.2, 0) is 0 Å². The summed E-state index contributed by atoms with van der Waals surface area (Å²) in [5.41, 5.74) is 2.94. The van der Waals surface area contributed by atoms with E-state index in [2.05, 4.69) is 41.0 Å². The van der Waals surface area contributed by atoms with Crippen molar-refractivity contribution in [3.63, 3.8) is 0 Å². The van der Waals surface area contributed by atoms with E-state index < -0.39 is 0 Å². The number of nitrogens with zero attached hydrogens (tertiary/aromatic N) is 3. The predicted octanol–water partition coefficient (Wildman–Crippen LogP) is 3.49. The molecule has 112 valence electrons. The molecule has 0 saturated carbocycles. The molecule has 0 aromatic carbocycles. The van der Waals surface area contributed by atoms with Gasteiger partial charge in [0.15, 0.2) is 0 Å². The molecule has 0 bridgehead atoms. The molecule has 2 heterocycles. The van der Waals surface area contributed by atoms with Crippen molar-refractivity contribution in [3.8, 4) is 17.0 Å². The van der Waals surface area contributed by atoms with Gasteiger partial charge in [0.2, 0.25) is 0 Å². The third kappa shape index (κ3) is 3.48. The normalized spacial score (nSPS) is 10.7. The Morgan fingerprint density at radius 3 is 2.71 bits per heavy atom. The molecule has 0 unspecified atom stereocenters. The van der Waals surface area contributed by atoms with Gasteiger partial charge in [0, 0.05) is 24.4 Å². The number of rotatable bonds is 6. The van der Waals surface area contributed by atoms with Crippen LogP contribution in [0.4, 0.5) is 5.82 Å². The Morgan fingerprint density at radius 2 is 2.05 bits per heavy atom. The molecule has 1 N–H and O–H groups in total. The fraction of sp³-hybridized carbons (Fsp3) is 0.438. The van der Waals surface area contributed by atoms with E-state index >= 15 is 0 Å². The van der Waals surface area contributed by atoms with Gasteiger partial charge < -0.3 is 10.1 Å². The molecular weight excluding hydrogens is 264 g/mol. The third-order valence-corrected chi connectivity index (χ3v) is 3.16. The lowest BCUT2D eigenvalue weighted by Crippen LogP contribution is -2.05. The van der Waals surface area contributed by atoms with Gasteiger partial charge in [-0.3, -0.25) is 4.98 Å². The molecule has 2 rings (SSSR count). The van der Waals surface area contributed by atoms with Crippen molar-refractivity contribution in [1.29, 1.82) is 0 Å². The van der Waals surface area contributed by atoms with Crippen LogP contribution in [-0.4, -0.2) is 28.6 Å². The third-order valence-electron chi connectivity index (χ3n) is 3.16. The second kappa shape index (κ2) is 7.02. The van der Waals surface area contributed by atoms with Crippen LogP contribution in [0.25, 0.3) is 11.3 Å². The van der Waals surface area contributed by atoms with Crippen molar-refractivity contribution in [3.05, 3.63) is 30.4 Å². The second-order valence-corrected chi connectivity index (χ2v) is 5.15. The van der Waals surface area contributed by atoms with Crippen molar-refractivity contribution in [2.45, 2.75) is 33.1 Å². The zero-order valence-corrected chi connectivity index (χ0v) is 13.1. The summed E-state index contributed by atoms with van der Waals surface area (Å²) < 4.78 is 5.65. The summed E-state index contributed by atoms with van der Waals surface area (Å²) in [5, 5.41) is 3.13. The van der Waals surface area contributed by atoms with Gasteiger partial charge in [0.25, 0.3) is 0 Å². The number of nitrogens with one attached hydrogen (secondary N) is 1. The summed E-state index contributed by atoms with van der Waals surface area (Å²) in [4.78, 5) is 13.0. The van der Waals surface area contributed by atoms with E-state index in [1.54, 1.807) is 12.5 Å². The van der Waals surface area contributed by atoms with Crippen LogP contribution in [0.2, 0.25) is 0 Å². The van der Waals surface area contributed by atoms with Gasteiger partial charge in [0.1, 0.15) is 17.9 Å². The number of pyridine rings is 1. The lowest BCUT2D eigenvalue weighted by molar-refractivity contribution is 0.316. The lowest BCUT2D eigenvalue weighted by atomic mass is 9.98. The van der Waals surface area contributed by atoms with Gasteiger partial charge in [-0.25, -0.2) is 9.97 Å². The molecule has 2 aromatic heterocycles. The summed E-state index contributed by atoms with van der Waals surface area (Å²) in [5.74, 6) is 1.94. The highest BCUT2D eigenvalue weighted by Crippen LogP contribution is 2.32. The van der Waals surface area contributed by atoms with E-state index in [4.69, 9.17) is 4.74 Å². The predicted molar refractivity (Wildman–Crippen MR) is 84.7 cm³/mol. The van der Waals surface area contributed by atoms with Crippen molar-refractivity contribution in [1.82, 2.24) is 15.0 Å². The summed E-state index contributed by atoms with van der Waals surface area (Å²) in [7, 11) is 1.87. The van der Waals surface area contributed by atoms with E-state index in [0.29, 0.717) is 12.5 Å². The van der Waals surface area contributed by atoms with Crippen LogP contribution < -0.4 is 10.1 Å². The first kappa shape index (κ1) is 15.2. The first-order chi connectivity index (χ1) is 10.2. The van der Waals surface area contributed by atoms with E-state index in [1.165, 1.54) is 0 Å². The topological polar surface area (TPSA) is 59.9 Å². The maximum absolute atomic E-state index is 5.65. The molecule has 0 atom stereocenters.